The molecule has 0 aliphatic rings. The number of nitrogens with zero attached hydrogens (tertiary/aromatic N) is 1. The molecule has 0 saturated heterocycles. The molecule has 6 heteroatoms. The molecule has 0 atom stereocenters. The normalized spacial score (nSPS) is 10.8. The number of halogens is 2. The van der Waals surface area contributed by atoms with Gasteiger partial charge in [0, 0.05) is 5.56 Å². The number of aryl methyl sites for hydroxylation is 1. The van der Waals surface area contributed by atoms with Crippen molar-refractivity contribution in [2.45, 2.75) is 13.8 Å². The van der Waals surface area contributed by atoms with Crippen LogP contribution in [0, 0.1) is 19.7 Å². The Balaban J connectivity index is 1.90. The molecule has 0 bridgehead atoms. The average Bonchev–Trinajstić information content (AvgIpc) is 2.51. The summed E-state index contributed by atoms with van der Waals surface area (Å²) in [7, 11) is 0. The van der Waals surface area contributed by atoms with Gasteiger partial charge >= 0.3 is 0 Å². The molecule has 4 nitrogen and oxygen atoms in total. The topological polar surface area (TPSA) is 50.7 Å². The van der Waals surface area contributed by atoms with Crippen LogP contribution in [-0.2, 0) is 4.79 Å². The van der Waals surface area contributed by atoms with E-state index < -0.39 is 11.7 Å². The Morgan fingerprint density at radius 3 is 2.78 bits per heavy atom. The Hall–Kier alpha value is -2.40. The zero-order chi connectivity index (χ0) is 16.8. The fourth-order valence-electron chi connectivity index (χ4n) is 1.86. The number of amides is 1. The highest BCUT2D eigenvalue weighted by molar-refractivity contribution is 6.33. The van der Waals surface area contributed by atoms with Crippen LogP contribution < -0.4 is 10.2 Å². The van der Waals surface area contributed by atoms with Crippen LogP contribution in [0.2, 0.25) is 5.02 Å². The van der Waals surface area contributed by atoms with Crippen LogP contribution in [0.1, 0.15) is 16.7 Å². The SMILES string of the molecule is Cc1cccc(OCC(=O)N/N=C\c2c(F)cccc2Cl)c1C. The van der Waals surface area contributed by atoms with Gasteiger partial charge in [-0.15, -0.1) is 0 Å². The number of carbonyl (C=O) groups excluding carboxylic acids is 1. The second-order valence-corrected chi connectivity index (χ2v) is 5.32. The standard InChI is InChI=1S/C17H16ClFN2O2/c1-11-5-3-8-16(12(11)2)23-10-17(22)21-20-9-13-14(18)6-4-7-15(13)19/h3-9H,10H2,1-2H3,(H,21,22)/b20-9-. The molecule has 0 fully saturated rings. The van der Waals surface area contributed by atoms with E-state index in [-0.39, 0.29) is 17.2 Å². The molecule has 0 saturated carbocycles. The van der Waals surface area contributed by atoms with Crippen molar-refractivity contribution in [1.82, 2.24) is 5.43 Å². The van der Waals surface area contributed by atoms with E-state index in [1.165, 1.54) is 18.2 Å². The molecular formula is C17H16ClFN2O2. The van der Waals surface area contributed by atoms with Crippen molar-refractivity contribution in [3.63, 3.8) is 0 Å². The molecule has 0 unspecified atom stereocenters. The first-order chi connectivity index (χ1) is 11.0. The van der Waals surface area contributed by atoms with Gasteiger partial charge in [-0.05, 0) is 43.2 Å². The van der Waals surface area contributed by atoms with Crippen LogP contribution in [0.25, 0.3) is 0 Å². The molecule has 2 aromatic rings. The Kier molecular flexibility index (Phi) is 5.71. The maximum absolute atomic E-state index is 13.5. The Labute approximate surface area is 138 Å². The molecule has 0 heterocycles. The molecule has 0 aromatic heterocycles. The summed E-state index contributed by atoms with van der Waals surface area (Å²) in [5.74, 6) is -0.321. The first-order valence-corrected chi connectivity index (χ1v) is 7.31. The smallest absolute Gasteiger partial charge is 0.277 e. The average molecular weight is 335 g/mol. The van der Waals surface area contributed by atoms with Gasteiger partial charge in [0.15, 0.2) is 6.61 Å². The van der Waals surface area contributed by atoms with Gasteiger partial charge in [-0.3, -0.25) is 4.79 Å². The maximum atomic E-state index is 13.5. The number of hydrogen-bond donors (Lipinski definition) is 1. The minimum Gasteiger partial charge on any atom is -0.483 e. The molecule has 0 aliphatic heterocycles. The largest absolute Gasteiger partial charge is 0.483 e. The lowest BCUT2D eigenvalue weighted by Crippen LogP contribution is -2.24. The molecule has 23 heavy (non-hydrogen) atoms. The highest BCUT2D eigenvalue weighted by Crippen LogP contribution is 2.20. The van der Waals surface area contributed by atoms with Crippen molar-refractivity contribution in [2.24, 2.45) is 5.10 Å². The third-order valence-electron chi connectivity index (χ3n) is 3.30. The lowest BCUT2D eigenvalue weighted by atomic mass is 10.1. The molecule has 0 spiro atoms. The van der Waals surface area contributed by atoms with E-state index in [0.717, 1.165) is 17.3 Å². The summed E-state index contributed by atoms with van der Waals surface area (Å²) >= 11 is 5.85. The molecule has 1 amide bonds. The Morgan fingerprint density at radius 2 is 2.04 bits per heavy atom. The summed E-state index contributed by atoms with van der Waals surface area (Å²) in [6.07, 6.45) is 1.16. The first kappa shape index (κ1) is 17.0. The van der Waals surface area contributed by atoms with Gasteiger partial charge < -0.3 is 4.74 Å². The van der Waals surface area contributed by atoms with E-state index >= 15 is 0 Å². The van der Waals surface area contributed by atoms with Gasteiger partial charge in [-0.25, -0.2) is 9.82 Å². The number of rotatable bonds is 5. The quantitative estimate of drug-likeness (QED) is 0.670. The number of hydrazone groups is 1. The molecule has 120 valence electrons. The maximum Gasteiger partial charge on any atom is 0.277 e. The molecule has 1 N–H and O–H groups in total. The van der Waals surface area contributed by atoms with Gasteiger partial charge in [0.2, 0.25) is 0 Å². The van der Waals surface area contributed by atoms with E-state index in [0.29, 0.717) is 5.75 Å². The minimum absolute atomic E-state index is 0.116. The lowest BCUT2D eigenvalue weighted by molar-refractivity contribution is -0.123. The third kappa shape index (κ3) is 4.53. The number of benzene rings is 2. The molecule has 2 aromatic carbocycles. The van der Waals surface area contributed by atoms with Crippen LogP contribution in [0.5, 0.6) is 5.75 Å². The predicted octanol–water partition coefficient (Wildman–Crippen LogP) is 3.63. The lowest BCUT2D eigenvalue weighted by Gasteiger charge is -2.09. The third-order valence-corrected chi connectivity index (χ3v) is 3.63. The zero-order valence-electron chi connectivity index (χ0n) is 12.8. The van der Waals surface area contributed by atoms with Crippen LogP contribution >= 0.6 is 11.6 Å². The van der Waals surface area contributed by atoms with Gasteiger partial charge in [0.05, 0.1) is 11.2 Å². The Bertz CT molecular complexity index is 727. The second kappa shape index (κ2) is 7.74. The highest BCUT2D eigenvalue weighted by Gasteiger charge is 2.06. The van der Waals surface area contributed by atoms with Gasteiger partial charge in [0.25, 0.3) is 5.91 Å². The van der Waals surface area contributed by atoms with Crippen LogP contribution in [-0.4, -0.2) is 18.7 Å². The van der Waals surface area contributed by atoms with Gasteiger partial charge in [0.1, 0.15) is 11.6 Å². The fourth-order valence-corrected chi connectivity index (χ4v) is 2.07. The minimum atomic E-state index is -0.512. The first-order valence-electron chi connectivity index (χ1n) is 6.94. The van der Waals surface area contributed by atoms with Crippen molar-refractivity contribution in [2.75, 3.05) is 6.61 Å². The predicted molar refractivity (Wildman–Crippen MR) is 88.6 cm³/mol. The number of carbonyl (C=O) groups is 1. The highest BCUT2D eigenvalue weighted by atomic mass is 35.5. The number of ether oxygens (including phenoxy) is 1. The summed E-state index contributed by atoms with van der Waals surface area (Å²) in [4.78, 5) is 11.7. The van der Waals surface area contributed by atoms with Crippen molar-refractivity contribution in [3.05, 3.63) is 63.9 Å². The summed E-state index contributed by atoms with van der Waals surface area (Å²) in [5.41, 5.74) is 4.44. The van der Waals surface area contributed by atoms with Crippen molar-refractivity contribution < 1.29 is 13.9 Å². The Morgan fingerprint density at radius 1 is 1.30 bits per heavy atom. The van der Waals surface area contributed by atoms with E-state index in [4.69, 9.17) is 16.3 Å². The monoisotopic (exact) mass is 334 g/mol. The molecule has 0 radical (unpaired) electrons. The summed E-state index contributed by atoms with van der Waals surface area (Å²) in [6.45, 7) is 3.69. The van der Waals surface area contributed by atoms with Crippen molar-refractivity contribution in [1.29, 1.82) is 0 Å². The number of hydrogen-bond acceptors (Lipinski definition) is 3. The van der Waals surface area contributed by atoms with Crippen LogP contribution in [0.4, 0.5) is 4.39 Å². The summed E-state index contributed by atoms with van der Waals surface area (Å²) in [6, 6.07) is 9.90. The summed E-state index contributed by atoms with van der Waals surface area (Å²) < 4.78 is 19.0. The van der Waals surface area contributed by atoms with Crippen molar-refractivity contribution in [3.8, 4) is 5.75 Å². The molecule has 2 rings (SSSR count). The fraction of sp³-hybridized carbons (Fsp3) is 0.176. The van der Waals surface area contributed by atoms with E-state index in [9.17, 15) is 9.18 Å². The second-order valence-electron chi connectivity index (χ2n) is 4.92. The van der Waals surface area contributed by atoms with E-state index in [1.54, 1.807) is 6.07 Å². The van der Waals surface area contributed by atoms with Crippen LogP contribution in [0.3, 0.4) is 0 Å². The van der Waals surface area contributed by atoms with Crippen LogP contribution in [0.15, 0.2) is 41.5 Å². The molecular weight excluding hydrogens is 319 g/mol. The molecule has 0 aliphatic carbocycles. The van der Waals surface area contributed by atoms with Gasteiger partial charge in [-0.2, -0.15) is 5.10 Å². The summed E-state index contributed by atoms with van der Waals surface area (Å²) in [5, 5.41) is 3.90. The van der Waals surface area contributed by atoms with E-state index in [1.807, 2.05) is 26.0 Å². The van der Waals surface area contributed by atoms with Crippen molar-refractivity contribution >= 4 is 23.7 Å². The van der Waals surface area contributed by atoms with Gasteiger partial charge in [-0.1, -0.05) is 29.8 Å². The van der Waals surface area contributed by atoms with E-state index in [2.05, 4.69) is 10.5 Å². The number of nitrogens with one attached hydrogen (secondary N) is 1. The zero-order valence-corrected chi connectivity index (χ0v) is 13.5.